The molecule has 3 rings (SSSR count). The first-order chi connectivity index (χ1) is 11.9. The summed E-state index contributed by atoms with van der Waals surface area (Å²) in [7, 11) is -3.66. The number of nitrogens with zero attached hydrogens (tertiary/aromatic N) is 1. The maximum atomic E-state index is 13.1. The van der Waals surface area contributed by atoms with E-state index in [4.69, 9.17) is 0 Å². The molecular formula is C18H26N2O3S2. The van der Waals surface area contributed by atoms with Crippen molar-refractivity contribution in [3.8, 4) is 0 Å². The Balaban J connectivity index is 1.84. The number of nitrogens with one attached hydrogen (secondary N) is 1. The number of amides is 1. The SMILES string of the molecule is CCC(C)NC(=O)C1CSCN1S(=O)(=O)c1ccc2c(c1)CCCC2. The van der Waals surface area contributed by atoms with Gasteiger partial charge >= 0.3 is 0 Å². The highest BCUT2D eigenvalue weighted by Gasteiger charge is 2.40. The fourth-order valence-corrected chi connectivity index (χ4v) is 6.52. The molecule has 1 aliphatic heterocycles. The maximum absolute atomic E-state index is 13.1. The summed E-state index contributed by atoms with van der Waals surface area (Å²) in [6, 6.07) is 4.88. The highest BCUT2D eigenvalue weighted by Crippen LogP contribution is 2.31. The molecule has 1 amide bonds. The van der Waals surface area contributed by atoms with Crippen molar-refractivity contribution >= 4 is 27.7 Å². The second-order valence-electron chi connectivity index (χ2n) is 6.86. The van der Waals surface area contributed by atoms with Gasteiger partial charge in [-0.15, -0.1) is 11.8 Å². The van der Waals surface area contributed by atoms with Crippen LogP contribution in [-0.4, -0.2) is 42.3 Å². The Hall–Kier alpha value is -1.05. The van der Waals surface area contributed by atoms with Crippen molar-refractivity contribution in [2.45, 2.75) is 62.9 Å². The van der Waals surface area contributed by atoms with E-state index in [2.05, 4.69) is 5.32 Å². The zero-order valence-electron chi connectivity index (χ0n) is 14.8. The second-order valence-corrected chi connectivity index (χ2v) is 9.75. The van der Waals surface area contributed by atoms with Crippen LogP contribution >= 0.6 is 11.8 Å². The lowest BCUT2D eigenvalue weighted by Crippen LogP contribution is -2.49. The topological polar surface area (TPSA) is 66.5 Å². The van der Waals surface area contributed by atoms with Gasteiger partial charge in [0.2, 0.25) is 15.9 Å². The molecular weight excluding hydrogens is 356 g/mol. The van der Waals surface area contributed by atoms with Gasteiger partial charge in [0.1, 0.15) is 6.04 Å². The molecule has 2 unspecified atom stereocenters. The molecule has 1 N–H and O–H groups in total. The molecule has 7 heteroatoms. The summed E-state index contributed by atoms with van der Waals surface area (Å²) in [6.07, 6.45) is 5.05. The molecule has 1 fully saturated rings. The van der Waals surface area contributed by atoms with Gasteiger partial charge in [0.25, 0.3) is 0 Å². The van der Waals surface area contributed by atoms with Gasteiger partial charge in [0.05, 0.1) is 10.8 Å². The van der Waals surface area contributed by atoms with Crippen molar-refractivity contribution in [1.82, 2.24) is 9.62 Å². The van der Waals surface area contributed by atoms with Crippen LogP contribution in [0.4, 0.5) is 0 Å². The summed E-state index contributed by atoms with van der Waals surface area (Å²) < 4.78 is 27.6. The Bertz CT molecular complexity index is 749. The van der Waals surface area contributed by atoms with Gasteiger partial charge in [0, 0.05) is 11.8 Å². The zero-order chi connectivity index (χ0) is 18.0. The molecule has 2 atom stereocenters. The Morgan fingerprint density at radius 1 is 1.32 bits per heavy atom. The van der Waals surface area contributed by atoms with Gasteiger partial charge in [-0.3, -0.25) is 4.79 Å². The Morgan fingerprint density at radius 2 is 2.04 bits per heavy atom. The summed E-state index contributed by atoms with van der Waals surface area (Å²) in [4.78, 5) is 12.8. The van der Waals surface area contributed by atoms with Crippen molar-refractivity contribution in [1.29, 1.82) is 0 Å². The zero-order valence-corrected chi connectivity index (χ0v) is 16.5. The third kappa shape index (κ3) is 3.88. The van der Waals surface area contributed by atoms with Crippen LogP contribution in [-0.2, 0) is 27.7 Å². The van der Waals surface area contributed by atoms with Crippen molar-refractivity contribution in [3.05, 3.63) is 29.3 Å². The van der Waals surface area contributed by atoms with E-state index in [1.807, 2.05) is 26.0 Å². The molecule has 1 aliphatic carbocycles. The van der Waals surface area contributed by atoms with Crippen LogP contribution in [0.1, 0.15) is 44.2 Å². The molecule has 25 heavy (non-hydrogen) atoms. The van der Waals surface area contributed by atoms with Crippen LogP contribution in [0.25, 0.3) is 0 Å². The molecule has 1 saturated heterocycles. The van der Waals surface area contributed by atoms with Gasteiger partial charge in [-0.1, -0.05) is 13.0 Å². The van der Waals surface area contributed by atoms with Crippen molar-refractivity contribution in [3.63, 3.8) is 0 Å². The average Bonchev–Trinajstić information content (AvgIpc) is 3.12. The number of benzene rings is 1. The van der Waals surface area contributed by atoms with Gasteiger partial charge < -0.3 is 5.32 Å². The number of sulfonamides is 1. The number of rotatable bonds is 5. The van der Waals surface area contributed by atoms with E-state index < -0.39 is 16.1 Å². The minimum absolute atomic E-state index is 0.0476. The van der Waals surface area contributed by atoms with Crippen LogP contribution in [0.2, 0.25) is 0 Å². The molecule has 0 radical (unpaired) electrons. The number of carbonyl (C=O) groups excluding carboxylic acids is 1. The van der Waals surface area contributed by atoms with Crippen LogP contribution in [0, 0.1) is 0 Å². The minimum Gasteiger partial charge on any atom is -0.352 e. The molecule has 5 nitrogen and oxygen atoms in total. The third-order valence-corrected chi connectivity index (χ3v) is 8.10. The predicted molar refractivity (Wildman–Crippen MR) is 101 cm³/mol. The first kappa shape index (κ1) is 18.7. The molecule has 1 heterocycles. The van der Waals surface area contributed by atoms with Crippen LogP contribution < -0.4 is 5.32 Å². The summed E-state index contributed by atoms with van der Waals surface area (Å²) in [5.74, 6) is 0.644. The first-order valence-corrected chi connectivity index (χ1v) is 11.5. The quantitative estimate of drug-likeness (QED) is 0.850. The molecule has 138 valence electrons. The van der Waals surface area contributed by atoms with Gasteiger partial charge in [0.15, 0.2) is 0 Å². The molecule has 2 aliphatic rings. The highest BCUT2D eigenvalue weighted by atomic mass is 32.2. The van der Waals surface area contributed by atoms with Crippen LogP contribution in [0.5, 0.6) is 0 Å². The molecule has 1 aromatic rings. The fourth-order valence-electron chi connectivity index (χ4n) is 3.32. The average molecular weight is 383 g/mol. The van der Waals surface area contributed by atoms with E-state index in [0.717, 1.165) is 31.2 Å². The van der Waals surface area contributed by atoms with Crippen LogP contribution in [0.15, 0.2) is 23.1 Å². The number of aryl methyl sites for hydroxylation is 2. The Kier molecular flexibility index (Phi) is 5.75. The summed E-state index contributed by atoms with van der Waals surface area (Å²) in [5, 5.41) is 2.92. The van der Waals surface area contributed by atoms with E-state index in [9.17, 15) is 13.2 Å². The Labute approximate surface area is 154 Å². The number of fused-ring (bicyclic) bond motifs is 1. The van der Waals surface area contributed by atoms with E-state index in [1.165, 1.54) is 28.1 Å². The maximum Gasteiger partial charge on any atom is 0.244 e. The van der Waals surface area contributed by atoms with Gasteiger partial charge in [-0.05, 0) is 62.3 Å². The fraction of sp³-hybridized carbons (Fsp3) is 0.611. The normalized spacial score (nSPS) is 22.4. The van der Waals surface area contributed by atoms with E-state index in [-0.39, 0.29) is 11.9 Å². The minimum atomic E-state index is -3.66. The number of hydrogen-bond donors (Lipinski definition) is 1. The van der Waals surface area contributed by atoms with E-state index >= 15 is 0 Å². The van der Waals surface area contributed by atoms with Gasteiger partial charge in [-0.2, -0.15) is 4.31 Å². The molecule has 0 saturated carbocycles. The van der Waals surface area contributed by atoms with Crippen molar-refractivity contribution in [2.24, 2.45) is 0 Å². The smallest absolute Gasteiger partial charge is 0.244 e. The lowest BCUT2D eigenvalue weighted by molar-refractivity contribution is -0.124. The highest BCUT2D eigenvalue weighted by molar-refractivity contribution is 8.00. The number of hydrogen-bond acceptors (Lipinski definition) is 4. The second kappa shape index (κ2) is 7.68. The third-order valence-electron chi connectivity index (χ3n) is 5.07. The molecule has 0 spiro atoms. The summed E-state index contributed by atoms with van der Waals surface area (Å²) >= 11 is 1.49. The summed E-state index contributed by atoms with van der Waals surface area (Å²) in [6.45, 7) is 3.93. The molecule has 0 bridgehead atoms. The monoisotopic (exact) mass is 382 g/mol. The standard InChI is InChI=1S/C18H26N2O3S2/c1-3-13(2)19-18(21)17-11-24-12-20(17)25(22,23)16-9-8-14-6-4-5-7-15(14)10-16/h8-10,13,17H,3-7,11-12H2,1-2H3,(H,19,21). The summed E-state index contributed by atoms with van der Waals surface area (Å²) in [5.41, 5.74) is 2.40. The lowest BCUT2D eigenvalue weighted by atomic mass is 9.92. The lowest BCUT2D eigenvalue weighted by Gasteiger charge is -2.25. The number of carbonyl (C=O) groups is 1. The number of thioether (sulfide) groups is 1. The van der Waals surface area contributed by atoms with E-state index in [0.29, 0.717) is 16.5 Å². The van der Waals surface area contributed by atoms with Crippen LogP contribution in [0.3, 0.4) is 0 Å². The largest absolute Gasteiger partial charge is 0.352 e. The predicted octanol–water partition coefficient (Wildman–Crippen LogP) is 2.54. The van der Waals surface area contributed by atoms with Crippen molar-refractivity contribution in [2.75, 3.05) is 11.6 Å². The van der Waals surface area contributed by atoms with Gasteiger partial charge in [-0.25, -0.2) is 8.42 Å². The molecule has 0 aromatic heterocycles. The molecule has 1 aromatic carbocycles. The van der Waals surface area contributed by atoms with E-state index in [1.54, 1.807) is 6.07 Å². The first-order valence-electron chi connectivity index (χ1n) is 8.95. The Morgan fingerprint density at radius 3 is 2.76 bits per heavy atom. The van der Waals surface area contributed by atoms with Crippen molar-refractivity contribution < 1.29 is 13.2 Å².